The maximum atomic E-state index is 13.7. The van der Waals surface area contributed by atoms with Gasteiger partial charge in [-0.2, -0.15) is 0 Å². The van der Waals surface area contributed by atoms with E-state index in [0.29, 0.717) is 25.5 Å². The normalized spacial score (nSPS) is 18.2. The van der Waals surface area contributed by atoms with Gasteiger partial charge in [-0.15, -0.1) is 0 Å². The summed E-state index contributed by atoms with van der Waals surface area (Å²) in [5.41, 5.74) is 11.1. The van der Waals surface area contributed by atoms with Crippen LogP contribution in [0.1, 0.15) is 75.8 Å². The molecule has 0 saturated carbocycles. The van der Waals surface area contributed by atoms with Crippen molar-refractivity contribution >= 4 is 17.9 Å². The quantitative estimate of drug-likeness (QED) is 0.110. The number of ether oxygens (including phenoxy) is 1. The molecule has 2 aromatic heterocycles. The van der Waals surface area contributed by atoms with Crippen LogP contribution in [0.25, 0.3) is 33.6 Å². The van der Waals surface area contributed by atoms with Gasteiger partial charge in [-0.05, 0) is 60.4 Å². The number of H-pyrrole nitrogens is 2. The minimum absolute atomic E-state index is 0.0586. The number of hydrogen-bond acceptors (Lipinski definition) is 7. The first-order chi connectivity index (χ1) is 26.1. The van der Waals surface area contributed by atoms with Gasteiger partial charge in [-0.25, -0.2) is 14.8 Å². The van der Waals surface area contributed by atoms with Crippen molar-refractivity contribution in [1.29, 1.82) is 0 Å². The molecule has 0 spiro atoms. The van der Waals surface area contributed by atoms with Crippen molar-refractivity contribution < 1.29 is 19.1 Å². The van der Waals surface area contributed by atoms with Crippen LogP contribution in [0, 0.1) is 5.92 Å². The molecule has 5 aromatic rings. The predicted octanol–water partition coefficient (Wildman–Crippen LogP) is 6.76. The van der Waals surface area contributed by atoms with E-state index in [1.54, 1.807) is 18.0 Å². The fourth-order valence-corrected chi connectivity index (χ4v) is 7.55. The van der Waals surface area contributed by atoms with E-state index in [0.717, 1.165) is 77.3 Å². The Bertz CT molecular complexity index is 2070. The smallest absolute Gasteiger partial charge is 0.405 e. The molecule has 12 heteroatoms. The molecule has 54 heavy (non-hydrogen) atoms. The average molecular weight is 729 g/mol. The molecule has 280 valence electrons. The van der Waals surface area contributed by atoms with Crippen LogP contribution in [-0.2, 0) is 20.9 Å². The molecule has 3 amide bonds. The first-order valence-corrected chi connectivity index (χ1v) is 18.8. The zero-order valence-electron chi connectivity index (χ0n) is 31.0. The first kappa shape index (κ1) is 36.6. The molecule has 12 nitrogen and oxygen atoms in total. The fraction of sp³-hybridized carbons (Fsp3) is 0.357. The van der Waals surface area contributed by atoms with E-state index in [1.165, 1.54) is 0 Å². The van der Waals surface area contributed by atoms with Crippen LogP contribution in [0.2, 0.25) is 0 Å². The summed E-state index contributed by atoms with van der Waals surface area (Å²) in [5.74, 6) is 1.08. The number of aromatic nitrogens is 4. The minimum Gasteiger partial charge on any atom is -0.433 e. The molecule has 3 aromatic carbocycles. The van der Waals surface area contributed by atoms with E-state index in [4.69, 9.17) is 15.5 Å². The topological polar surface area (TPSA) is 162 Å². The largest absolute Gasteiger partial charge is 0.433 e. The van der Waals surface area contributed by atoms with Gasteiger partial charge in [-0.3, -0.25) is 9.59 Å². The third-order valence-corrected chi connectivity index (χ3v) is 10.9. The van der Waals surface area contributed by atoms with E-state index in [-0.39, 0.29) is 29.8 Å². The molecule has 2 aliphatic heterocycles. The zero-order chi connectivity index (χ0) is 37.8. The summed E-state index contributed by atoms with van der Waals surface area (Å²) in [6.45, 7) is 7.53. The number of nitrogens with one attached hydrogen (secondary N) is 3. The second-order valence-electron chi connectivity index (χ2n) is 14.7. The zero-order valence-corrected chi connectivity index (χ0v) is 31.0. The Morgan fingerprint density at radius 1 is 0.796 bits per heavy atom. The molecule has 0 aliphatic carbocycles. The molecule has 7 rings (SSSR count). The van der Waals surface area contributed by atoms with Crippen molar-refractivity contribution in [2.75, 3.05) is 19.6 Å². The van der Waals surface area contributed by atoms with Gasteiger partial charge in [-0.1, -0.05) is 92.7 Å². The standard InChI is InChI=1S/C42H48N8O4/c1-27(2)42(3,54-41(43)53)40(52)50-22-8-12-36(50)39-46-25-34(48-39)32-19-15-30(16-20-32)29-13-17-31(18-14-29)33-24-45-38(47-33)35-11-7-21-49(35)37(51)26-44-23-28-9-5-4-6-10-28/h4-6,9-10,13-20,24-25,27,35-36,44H,7-8,11-12,21-23,26H2,1-3H3,(H2,43,53)(H,45,47)(H,46,48)/t35-,36-,42-/m0/s1. The number of carbonyl (C=O) groups excluding carboxylic acids is 3. The molecule has 5 N–H and O–H groups in total. The van der Waals surface area contributed by atoms with Gasteiger partial charge in [0.25, 0.3) is 5.91 Å². The van der Waals surface area contributed by atoms with E-state index in [2.05, 4.69) is 80.9 Å². The van der Waals surface area contributed by atoms with Crippen molar-refractivity contribution in [2.24, 2.45) is 11.7 Å². The van der Waals surface area contributed by atoms with Crippen LogP contribution < -0.4 is 11.1 Å². The van der Waals surface area contributed by atoms with Gasteiger partial charge in [0.15, 0.2) is 5.60 Å². The molecule has 0 radical (unpaired) electrons. The predicted molar refractivity (Wildman–Crippen MR) is 206 cm³/mol. The molecular weight excluding hydrogens is 681 g/mol. The molecule has 2 saturated heterocycles. The van der Waals surface area contributed by atoms with Crippen LogP contribution in [0.4, 0.5) is 4.79 Å². The summed E-state index contributed by atoms with van der Waals surface area (Å²) in [6.07, 6.45) is 6.09. The highest BCUT2D eigenvalue weighted by molar-refractivity contribution is 5.88. The minimum atomic E-state index is -1.36. The second kappa shape index (κ2) is 15.7. The highest BCUT2D eigenvalue weighted by Crippen LogP contribution is 2.37. The van der Waals surface area contributed by atoms with E-state index >= 15 is 0 Å². The van der Waals surface area contributed by atoms with Crippen LogP contribution in [0.5, 0.6) is 0 Å². The van der Waals surface area contributed by atoms with Gasteiger partial charge < -0.3 is 35.6 Å². The number of rotatable bonds is 12. The molecule has 3 atom stereocenters. The highest BCUT2D eigenvalue weighted by Gasteiger charge is 2.47. The van der Waals surface area contributed by atoms with E-state index in [1.807, 2.05) is 43.1 Å². The average Bonchev–Trinajstić information content (AvgIpc) is 4.02. The summed E-state index contributed by atoms with van der Waals surface area (Å²) in [4.78, 5) is 58.4. The van der Waals surface area contributed by atoms with Crippen molar-refractivity contribution in [2.45, 2.75) is 70.7 Å². The third-order valence-electron chi connectivity index (χ3n) is 10.9. The number of nitrogens with zero attached hydrogens (tertiary/aromatic N) is 4. The molecule has 0 unspecified atom stereocenters. The number of primary amides is 1. The number of hydrogen-bond donors (Lipinski definition) is 4. The molecule has 2 aliphatic rings. The SMILES string of the molecule is CC(C)[C@](C)(OC(N)=O)C(=O)N1CCC[C@H]1c1ncc(-c2ccc(-c3ccc(-c4cnc([C@@H]5CCCN5C(=O)CNCc5ccccc5)[nH]4)cc3)cc2)[nH]1. The molecule has 2 fully saturated rings. The Morgan fingerprint density at radius 3 is 1.81 bits per heavy atom. The number of imidazole rings is 2. The van der Waals surface area contributed by atoms with Crippen LogP contribution >= 0.6 is 0 Å². The van der Waals surface area contributed by atoms with Gasteiger partial charge in [0.05, 0.1) is 42.4 Å². The van der Waals surface area contributed by atoms with Gasteiger partial charge >= 0.3 is 6.09 Å². The van der Waals surface area contributed by atoms with Crippen molar-refractivity contribution in [3.05, 3.63) is 108 Å². The van der Waals surface area contributed by atoms with Gasteiger partial charge in [0.1, 0.15) is 11.6 Å². The maximum Gasteiger partial charge on any atom is 0.405 e. The number of carbonyl (C=O) groups is 3. The van der Waals surface area contributed by atoms with Crippen LogP contribution in [0.15, 0.2) is 91.3 Å². The summed E-state index contributed by atoms with van der Waals surface area (Å²) in [6, 6.07) is 26.4. The lowest BCUT2D eigenvalue weighted by atomic mass is 9.90. The van der Waals surface area contributed by atoms with Gasteiger partial charge in [0.2, 0.25) is 5.91 Å². The monoisotopic (exact) mass is 728 g/mol. The Balaban J connectivity index is 0.976. The highest BCUT2D eigenvalue weighted by atomic mass is 16.6. The summed E-state index contributed by atoms with van der Waals surface area (Å²) >= 11 is 0. The van der Waals surface area contributed by atoms with Crippen molar-refractivity contribution in [3.8, 4) is 33.6 Å². The number of amides is 3. The summed E-state index contributed by atoms with van der Waals surface area (Å²) in [5, 5.41) is 3.29. The Kier molecular flexibility index (Phi) is 10.6. The lowest BCUT2D eigenvalue weighted by Crippen LogP contribution is -2.53. The lowest BCUT2D eigenvalue weighted by molar-refractivity contribution is -0.155. The number of aromatic amines is 2. The second-order valence-corrected chi connectivity index (χ2v) is 14.7. The van der Waals surface area contributed by atoms with E-state index < -0.39 is 11.7 Å². The van der Waals surface area contributed by atoms with E-state index in [9.17, 15) is 14.4 Å². The summed E-state index contributed by atoms with van der Waals surface area (Å²) < 4.78 is 5.36. The lowest BCUT2D eigenvalue weighted by Gasteiger charge is -2.36. The fourth-order valence-electron chi connectivity index (χ4n) is 7.55. The molecule has 0 bridgehead atoms. The molecule has 4 heterocycles. The number of nitrogens with two attached hydrogens (primary N) is 1. The Labute approximate surface area is 315 Å². The van der Waals surface area contributed by atoms with Crippen LogP contribution in [-0.4, -0.2) is 72.9 Å². The van der Waals surface area contributed by atoms with Crippen molar-refractivity contribution in [1.82, 2.24) is 35.1 Å². The Morgan fingerprint density at radius 2 is 1.30 bits per heavy atom. The van der Waals surface area contributed by atoms with Crippen LogP contribution in [0.3, 0.4) is 0 Å². The van der Waals surface area contributed by atoms with Gasteiger partial charge in [0, 0.05) is 25.6 Å². The first-order valence-electron chi connectivity index (χ1n) is 18.8. The van der Waals surface area contributed by atoms with Crippen molar-refractivity contribution in [3.63, 3.8) is 0 Å². The summed E-state index contributed by atoms with van der Waals surface area (Å²) in [7, 11) is 0. The maximum absolute atomic E-state index is 13.7. The number of likely N-dealkylation sites (tertiary alicyclic amines) is 2. The molecular formula is C42H48N8O4. The third kappa shape index (κ3) is 7.65. The number of benzene rings is 3. The Hall–Kier alpha value is -5.75.